The normalized spacial score (nSPS) is 29.2. The molecule has 0 radical (unpaired) electrons. The van der Waals surface area contributed by atoms with Crippen LogP contribution in [0.5, 0.6) is 0 Å². The lowest BCUT2D eigenvalue weighted by Crippen LogP contribution is -2.26. The topological polar surface area (TPSA) is 3.24 Å². The fourth-order valence-electron chi connectivity index (χ4n) is 2.25. The van der Waals surface area contributed by atoms with Crippen molar-refractivity contribution in [1.82, 2.24) is 4.90 Å². The highest BCUT2D eigenvalue weighted by atomic mass is 15.2. The molecule has 84 valence electrons. The van der Waals surface area contributed by atoms with Crippen LogP contribution in [0.2, 0.25) is 0 Å². The number of rotatable bonds is 1. The van der Waals surface area contributed by atoms with E-state index < -0.39 is 0 Å². The first-order chi connectivity index (χ1) is 7.59. The molecule has 1 aliphatic heterocycles. The highest BCUT2D eigenvalue weighted by molar-refractivity contribution is 5.42. The van der Waals surface area contributed by atoms with Crippen molar-refractivity contribution in [1.29, 1.82) is 0 Å². The predicted octanol–water partition coefficient (Wildman–Crippen LogP) is 3.47. The number of nitrogens with zero attached hydrogens (tertiary/aromatic N) is 1. The summed E-state index contributed by atoms with van der Waals surface area (Å²) in [6.07, 6.45) is 6.94. The minimum atomic E-state index is 0.260. The Morgan fingerprint density at radius 2 is 2.19 bits per heavy atom. The molecule has 0 fully saturated rings. The first kappa shape index (κ1) is 11.1. The Kier molecular flexibility index (Phi) is 2.92. The Bertz CT molecular complexity index is 428. The molecule has 0 saturated carbocycles. The Hall–Kier alpha value is -1.42. The maximum absolute atomic E-state index is 4.03. The number of hydrogen-bond donors (Lipinski definition) is 0. The summed E-state index contributed by atoms with van der Waals surface area (Å²) < 4.78 is 0. The van der Waals surface area contributed by atoms with Gasteiger partial charge in [-0.05, 0) is 50.2 Å². The molecule has 2 aliphatic rings. The SMILES string of the molecule is C=C1C#CC(C)N1C1=C(C)CCC(C)C=C1. The van der Waals surface area contributed by atoms with Crippen molar-refractivity contribution in [2.45, 2.75) is 39.7 Å². The highest BCUT2D eigenvalue weighted by Crippen LogP contribution is 2.29. The number of allylic oxidation sites excluding steroid dienone is 4. The van der Waals surface area contributed by atoms with Crippen molar-refractivity contribution in [3.05, 3.63) is 35.7 Å². The molecule has 16 heavy (non-hydrogen) atoms. The first-order valence-corrected chi connectivity index (χ1v) is 5.97. The average Bonchev–Trinajstić information content (AvgIpc) is 2.48. The van der Waals surface area contributed by atoms with E-state index in [1.54, 1.807) is 0 Å². The molecule has 1 heteroatoms. The molecule has 0 aromatic carbocycles. The van der Waals surface area contributed by atoms with E-state index in [4.69, 9.17) is 0 Å². The van der Waals surface area contributed by atoms with Crippen LogP contribution in [0.1, 0.15) is 33.6 Å². The van der Waals surface area contributed by atoms with Gasteiger partial charge in [-0.25, -0.2) is 0 Å². The van der Waals surface area contributed by atoms with Gasteiger partial charge in [0.25, 0.3) is 0 Å². The zero-order chi connectivity index (χ0) is 11.7. The Morgan fingerprint density at radius 1 is 1.44 bits per heavy atom. The quantitative estimate of drug-likeness (QED) is 0.603. The second kappa shape index (κ2) is 4.22. The average molecular weight is 213 g/mol. The van der Waals surface area contributed by atoms with Crippen molar-refractivity contribution in [3.63, 3.8) is 0 Å². The van der Waals surface area contributed by atoms with Crippen LogP contribution in [0.15, 0.2) is 35.7 Å². The van der Waals surface area contributed by atoms with Gasteiger partial charge >= 0.3 is 0 Å². The minimum Gasteiger partial charge on any atom is -0.321 e. The molecule has 0 aromatic heterocycles. The summed E-state index contributed by atoms with van der Waals surface area (Å²) in [6, 6.07) is 0.260. The molecule has 1 heterocycles. The maximum atomic E-state index is 4.03. The van der Waals surface area contributed by atoms with E-state index in [-0.39, 0.29) is 6.04 Å². The third-order valence-corrected chi connectivity index (χ3v) is 3.36. The summed E-state index contributed by atoms with van der Waals surface area (Å²) >= 11 is 0. The van der Waals surface area contributed by atoms with Gasteiger partial charge in [-0.2, -0.15) is 0 Å². The van der Waals surface area contributed by atoms with E-state index in [1.165, 1.54) is 24.1 Å². The Morgan fingerprint density at radius 3 is 2.81 bits per heavy atom. The lowest BCUT2D eigenvalue weighted by Gasteiger charge is -2.26. The van der Waals surface area contributed by atoms with Crippen molar-refractivity contribution in [2.75, 3.05) is 0 Å². The van der Waals surface area contributed by atoms with Gasteiger partial charge in [-0.3, -0.25) is 0 Å². The second-order valence-corrected chi connectivity index (χ2v) is 4.80. The van der Waals surface area contributed by atoms with Crippen LogP contribution in [0, 0.1) is 17.8 Å². The molecule has 0 N–H and O–H groups in total. The smallest absolute Gasteiger partial charge is 0.0934 e. The monoisotopic (exact) mass is 213 g/mol. The molecule has 0 saturated heterocycles. The molecule has 0 bridgehead atoms. The predicted molar refractivity (Wildman–Crippen MR) is 68.5 cm³/mol. The number of hydrogen-bond acceptors (Lipinski definition) is 1. The van der Waals surface area contributed by atoms with Crippen LogP contribution in [0.25, 0.3) is 0 Å². The van der Waals surface area contributed by atoms with E-state index in [0.717, 1.165) is 5.70 Å². The van der Waals surface area contributed by atoms with E-state index in [2.05, 4.69) is 56.2 Å². The molecule has 2 unspecified atom stereocenters. The third-order valence-electron chi connectivity index (χ3n) is 3.36. The summed E-state index contributed by atoms with van der Waals surface area (Å²) in [5.74, 6) is 6.93. The van der Waals surface area contributed by atoms with Crippen molar-refractivity contribution < 1.29 is 0 Å². The van der Waals surface area contributed by atoms with Gasteiger partial charge in [0.15, 0.2) is 0 Å². The van der Waals surface area contributed by atoms with Gasteiger partial charge in [0.1, 0.15) is 0 Å². The molecular weight excluding hydrogens is 194 g/mol. The maximum Gasteiger partial charge on any atom is 0.0934 e. The van der Waals surface area contributed by atoms with Gasteiger partial charge < -0.3 is 4.90 Å². The Labute approximate surface area is 98.5 Å². The fourth-order valence-corrected chi connectivity index (χ4v) is 2.25. The van der Waals surface area contributed by atoms with E-state index in [9.17, 15) is 0 Å². The van der Waals surface area contributed by atoms with Crippen molar-refractivity contribution in [3.8, 4) is 11.8 Å². The van der Waals surface area contributed by atoms with E-state index in [0.29, 0.717) is 5.92 Å². The molecule has 2 rings (SSSR count). The van der Waals surface area contributed by atoms with Crippen LogP contribution in [-0.2, 0) is 0 Å². The molecule has 0 amide bonds. The van der Waals surface area contributed by atoms with Gasteiger partial charge in [0.05, 0.1) is 11.7 Å². The first-order valence-electron chi connectivity index (χ1n) is 5.97. The fraction of sp³-hybridized carbons (Fsp3) is 0.467. The van der Waals surface area contributed by atoms with Gasteiger partial charge in [0.2, 0.25) is 0 Å². The summed E-state index contributed by atoms with van der Waals surface area (Å²) in [5, 5.41) is 0. The standard InChI is InChI=1S/C15H19N/c1-11-5-7-12(2)15(10-6-11)16-13(3)8-9-14(16)4/h6,10-11,14H,3,5,7H2,1-2,4H3. The van der Waals surface area contributed by atoms with Crippen LogP contribution >= 0.6 is 0 Å². The van der Waals surface area contributed by atoms with Gasteiger partial charge in [0, 0.05) is 5.70 Å². The molecule has 2 atom stereocenters. The molecule has 1 nitrogen and oxygen atoms in total. The lowest BCUT2D eigenvalue weighted by atomic mass is 10.0. The van der Waals surface area contributed by atoms with Crippen molar-refractivity contribution in [2.24, 2.45) is 5.92 Å². The Balaban J connectivity index is 2.31. The zero-order valence-electron chi connectivity index (χ0n) is 10.4. The van der Waals surface area contributed by atoms with Crippen molar-refractivity contribution >= 4 is 0 Å². The molecule has 0 spiro atoms. The summed E-state index contributed by atoms with van der Waals surface area (Å²) in [7, 11) is 0. The van der Waals surface area contributed by atoms with Crippen LogP contribution in [0.4, 0.5) is 0 Å². The van der Waals surface area contributed by atoms with E-state index in [1.807, 2.05) is 0 Å². The van der Waals surface area contributed by atoms with E-state index >= 15 is 0 Å². The van der Waals surface area contributed by atoms with Crippen LogP contribution < -0.4 is 0 Å². The van der Waals surface area contributed by atoms with Crippen LogP contribution in [-0.4, -0.2) is 10.9 Å². The molecule has 0 aromatic rings. The molecule has 1 aliphatic carbocycles. The lowest BCUT2D eigenvalue weighted by molar-refractivity contribution is 0.427. The molecular formula is C15H19N. The summed E-state index contributed by atoms with van der Waals surface area (Å²) in [6.45, 7) is 10.6. The van der Waals surface area contributed by atoms with Crippen LogP contribution in [0.3, 0.4) is 0 Å². The summed E-state index contributed by atoms with van der Waals surface area (Å²) in [4.78, 5) is 2.23. The highest BCUT2D eigenvalue weighted by Gasteiger charge is 2.22. The van der Waals surface area contributed by atoms with Gasteiger partial charge in [-0.15, -0.1) is 0 Å². The largest absolute Gasteiger partial charge is 0.321 e. The third kappa shape index (κ3) is 1.93. The zero-order valence-corrected chi connectivity index (χ0v) is 10.4. The minimum absolute atomic E-state index is 0.260. The van der Waals surface area contributed by atoms with Gasteiger partial charge in [-0.1, -0.05) is 25.5 Å². The second-order valence-electron chi connectivity index (χ2n) is 4.80. The summed E-state index contributed by atoms with van der Waals surface area (Å²) in [5.41, 5.74) is 3.67.